The smallest absolute Gasteiger partial charge is 0.268 e. The molecule has 0 saturated carbocycles. The number of carbonyl (C=O) groups excluding carboxylic acids is 1. The molecule has 0 bridgehead atoms. The molecule has 3 heterocycles. The molecule has 0 radical (unpaired) electrons. The molecule has 0 unspecified atom stereocenters. The number of fused-ring (bicyclic) bond motifs is 3. The van der Waals surface area contributed by atoms with Gasteiger partial charge in [0.25, 0.3) is 5.91 Å². The maximum Gasteiger partial charge on any atom is 0.268 e. The first-order chi connectivity index (χ1) is 10.2. The fourth-order valence-electron chi connectivity index (χ4n) is 2.92. The Labute approximate surface area is 120 Å². The van der Waals surface area contributed by atoms with Gasteiger partial charge in [-0.2, -0.15) is 0 Å². The third-order valence-corrected chi connectivity index (χ3v) is 3.80. The number of amides is 1. The van der Waals surface area contributed by atoms with Crippen LogP contribution in [-0.4, -0.2) is 22.0 Å². The van der Waals surface area contributed by atoms with Crippen LogP contribution in [0.1, 0.15) is 10.5 Å². The molecular weight excluding hydrogens is 269 g/mol. The maximum absolute atomic E-state index is 13.9. The molecule has 5 heteroatoms. The lowest BCUT2D eigenvalue weighted by atomic mass is 10.0. The average Bonchev–Trinajstić information content (AvgIpc) is 2.87. The number of pyridine rings is 1. The summed E-state index contributed by atoms with van der Waals surface area (Å²) >= 11 is 0. The standard InChI is InChI=1S/C16H12FN3O/c17-12-7-11-8-14-16(21)19-5-6-20(14)15(11)13(9-12)10-1-3-18-4-2-10/h1-4,7-9H,5-6H2,(H,19,21). The normalized spacial score (nSPS) is 14.0. The van der Waals surface area contributed by atoms with Gasteiger partial charge in [0.1, 0.15) is 11.5 Å². The van der Waals surface area contributed by atoms with E-state index in [-0.39, 0.29) is 11.7 Å². The fourth-order valence-corrected chi connectivity index (χ4v) is 2.92. The van der Waals surface area contributed by atoms with Crippen LogP contribution in [0.4, 0.5) is 4.39 Å². The Morgan fingerprint density at radius 2 is 2.00 bits per heavy atom. The number of hydrogen-bond donors (Lipinski definition) is 1. The highest BCUT2D eigenvalue weighted by Gasteiger charge is 2.22. The largest absolute Gasteiger partial charge is 0.349 e. The lowest BCUT2D eigenvalue weighted by Crippen LogP contribution is -2.34. The highest BCUT2D eigenvalue weighted by molar-refractivity contribution is 6.03. The highest BCUT2D eigenvalue weighted by Crippen LogP contribution is 2.32. The van der Waals surface area contributed by atoms with Crippen molar-refractivity contribution in [2.24, 2.45) is 0 Å². The predicted molar refractivity (Wildman–Crippen MR) is 77.5 cm³/mol. The van der Waals surface area contributed by atoms with E-state index in [2.05, 4.69) is 10.3 Å². The monoisotopic (exact) mass is 281 g/mol. The van der Waals surface area contributed by atoms with E-state index in [1.807, 2.05) is 16.7 Å². The second-order valence-corrected chi connectivity index (χ2v) is 5.06. The number of carbonyl (C=O) groups is 1. The van der Waals surface area contributed by atoms with E-state index >= 15 is 0 Å². The van der Waals surface area contributed by atoms with Crippen LogP contribution in [0.3, 0.4) is 0 Å². The van der Waals surface area contributed by atoms with Gasteiger partial charge in [0.05, 0.1) is 5.52 Å². The zero-order chi connectivity index (χ0) is 14.4. The quantitative estimate of drug-likeness (QED) is 0.745. The summed E-state index contributed by atoms with van der Waals surface area (Å²) in [6.45, 7) is 1.27. The molecular formula is C16H12FN3O. The van der Waals surface area contributed by atoms with Gasteiger partial charge in [-0.15, -0.1) is 0 Å². The highest BCUT2D eigenvalue weighted by atomic mass is 19.1. The second-order valence-electron chi connectivity index (χ2n) is 5.06. The van der Waals surface area contributed by atoms with Crippen LogP contribution < -0.4 is 5.32 Å². The van der Waals surface area contributed by atoms with Crippen molar-refractivity contribution >= 4 is 16.8 Å². The summed E-state index contributed by atoms with van der Waals surface area (Å²) < 4.78 is 15.9. The lowest BCUT2D eigenvalue weighted by Gasteiger charge is -2.18. The van der Waals surface area contributed by atoms with Crippen molar-refractivity contribution in [1.82, 2.24) is 14.9 Å². The molecule has 0 aliphatic carbocycles. The van der Waals surface area contributed by atoms with Crippen LogP contribution in [0, 0.1) is 5.82 Å². The molecule has 1 N–H and O–H groups in total. The van der Waals surface area contributed by atoms with Gasteiger partial charge < -0.3 is 9.88 Å². The van der Waals surface area contributed by atoms with Crippen LogP contribution in [0.25, 0.3) is 22.0 Å². The molecule has 21 heavy (non-hydrogen) atoms. The molecule has 0 fully saturated rings. The van der Waals surface area contributed by atoms with Crippen LogP contribution in [-0.2, 0) is 6.54 Å². The summed E-state index contributed by atoms with van der Waals surface area (Å²) in [6, 6.07) is 8.42. The molecule has 3 aromatic rings. The number of rotatable bonds is 1. The van der Waals surface area contributed by atoms with Crippen LogP contribution in [0.2, 0.25) is 0 Å². The molecule has 0 atom stereocenters. The van der Waals surface area contributed by atoms with Gasteiger partial charge in [0, 0.05) is 36.4 Å². The molecule has 2 aromatic heterocycles. The van der Waals surface area contributed by atoms with Crippen molar-refractivity contribution in [3.05, 3.63) is 54.2 Å². The van der Waals surface area contributed by atoms with Crippen molar-refractivity contribution in [2.75, 3.05) is 6.54 Å². The number of aromatic nitrogens is 2. The van der Waals surface area contributed by atoms with Gasteiger partial charge in [-0.3, -0.25) is 9.78 Å². The van der Waals surface area contributed by atoms with Crippen molar-refractivity contribution in [2.45, 2.75) is 6.54 Å². The van der Waals surface area contributed by atoms with Crippen molar-refractivity contribution < 1.29 is 9.18 Å². The molecule has 1 aliphatic heterocycles. The average molecular weight is 281 g/mol. The van der Waals surface area contributed by atoms with Crippen LogP contribution >= 0.6 is 0 Å². The zero-order valence-electron chi connectivity index (χ0n) is 11.1. The van der Waals surface area contributed by atoms with Crippen molar-refractivity contribution in [3.63, 3.8) is 0 Å². The Balaban J connectivity index is 2.09. The topological polar surface area (TPSA) is 46.9 Å². The summed E-state index contributed by atoms with van der Waals surface area (Å²) in [5.41, 5.74) is 3.15. The van der Waals surface area contributed by atoms with Gasteiger partial charge in [-0.05, 0) is 35.9 Å². The Morgan fingerprint density at radius 1 is 1.19 bits per heavy atom. The molecule has 104 valence electrons. The Morgan fingerprint density at radius 3 is 2.81 bits per heavy atom. The fraction of sp³-hybridized carbons (Fsp3) is 0.125. The van der Waals surface area contributed by atoms with E-state index < -0.39 is 0 Å². The van der Waals surface area contributed by atoms with Gasteiger partial charge in [-0.25, -0.2) is 4.39 Å². The maximum atomic E-state index is 13.9. The first-order valence-corrected chi connectivity index (χ1v) is 6.75. The minimum absolute atomic E-state index is 0.112. The number of nitrogens with zero attached hydrogens (tertiary/aromatic N) is 2. The number of hydrogen-bond acceptors (Lipinski definition) is 2. The Bertz CT molecular complexity index is 855. The molecule has 4 rings (SSSR count). The summed E-state index contributed by atoms with van der Waals surface area (Å²) in [7, 11) is 0. The summed E-state index contributed by atoms with van der Waals surface area (Å²) in [5.74, 6) is -0.420. The zero-order valence-corrected chi connectivity index (χ0v) is 11.1. The van der Waals surface area contributed by atoms with Gasteiger partial charge >= 0.3 is 0 Å². The molecule has 1 aliphatic rings. The predicted octanol–water partition coefficient (Wildman–Crippen LogP) is 2.59. The molecule has 1 aromatic carbocycles. The van der Waals surface area contributed by atoms with Gasteiger partial charge in [0.2, 0.25) is 0 Å². The summed E-state index contributed by atoms with van der Waals surface area (Å²) in [5, 5.41) is 3.55. The first-order valence-electron chi connectivity index (χ1n) is 6.75. The molecule has 0 saturated heterocycles. The third kappa shape index (κ3) is 1.81. The van der Waals surface area contributed by atoms with Crippen molar-refractivity contribution in [3.8, 4) is 11.1 Å². The molecule has 0 spiro atoms. The Kier molecular flexibility index (Phi) is 2.54. The minimum atomic E-state index is -0.308. The molecule has 1 amide bonds. The van der Waals surface area contributed by atoms with E-state index in [9.17, 15) is 9.18 Å². The van der Waals surface area contributed by atoms with E-state index in [0.717, 1.165) is 22.0 Å². The first kappa shape index (κ1) is 12.1. The summed E-state index contributed by atoms with van der Waals surface area (Å²) in [4.78, 5) is 15.9. The van der Waals surface area contributed by atoms with E-state index in [0.29, 0.717) is 18.8 Å². The van der Waals surface area contributed by atoms with Gasteiger partial charge in [-0.1, -0.05) is 0 Å². The minimum Gasteiger partial charge on any atom is -0.349 e. The number of benzene rings is 1. The van der Waals surface area contributed by atoms with Crippen LogP contribution in [0.15, 0.2) is 42.7 Å². The van der Waals surface area contributed by atoms with E-state index in [4.69, 9.17) is 0 Å². The number of halogens is 1. The van der Waals surface area contributed by atoms with Gasteiger partial charge in [0.15, 0.2) is 0 Å². The summed E-state index contributed by atoms with van der Waals surface area (Å²) in [6.07, 6.45) is 3.36. The van der Waals surface area contributed by atoms with E-state index in [1.165, 1.54) is 12.1 Å². The second kappa shape index (κ2) is 4.41. The SMILES string of the molecule is O=C1NCCn2c1cc1cc(F)cc(-c3ccncc3)c12. The Hall–Kier alpha value is -2.69. The lowest BCUT2D eigenvalue weighted by molar-refractivity contribution is 0.0929. The van der Waals surface area contributed by atoms with Crippen molar-refractivity contribution in [1.29, 1.82) is 0 Å². The third-order valence-electron chi connectivity index (χ3n) is 3.80. The van der Waals surface area contributed by atoms with Crippen LogP contribution in [0.5, 0.6) is 0 Å². The number of nitrogens with one attached hydrogen (secondary N) is 1. The van der Waals surface area contributed by atoms with E-state index in [1.54, 1.807) is 18.5 Å². The molecule has 4 nitrogen and oxygen atoms in total.